The molecule has 3 heterocycles. The fourth-order valence-corrected chi connectivity index (χ4v) is 7.69. The van der Waals surface area contributed by atoms with E-state index in [0.29, 0.717) is 30.8 Å². The molecular formula is C28H37FN6O3S. The molecule has 1 unspecified atom stereocenters. The van der Waals surface area contributed by atoms with Crippen molar-refractivity contribution in [3.05, 3.63) is 36.4 Å². The lowest BCUT2D eigenvalue weighted by Crippen LogP contribution is -2.40. The van der Waals surface area contributed by atoms with Gasteiger partial charge in [-0.1, -0.05) is 19.4 Å². The van der Waals surface area contributed by atoms with Gasteiger partial charge in [-0.2, -0.15) is 9.29 Å². The summed E-state index contributed by atoms with van der Waals surface area (Å²) in [5, 5.41) is 4.15. The van der Waals surface area contributed by atoms with E-state index in [4.69, 9.17) is 15.5 Å². The maximum absolute atomic E-state index is 15.4. The summed E-state index contributed by atoms with van der Waals surface area (Å²) in [6.07, 6.45) is 11.3. The van der Waals surface area contributed by atoms with Gasteiger partial charge >= 0.3 is 0 Å². The van der Waals surface area contributed by atoms with Gasteiger partial charge in [0.25, 0.3) is 0 Å². The molecule has 1 spiro atoms. The van der Waals surface area contributed by atoms with Crippen LogP contribution in [0.5, 0.6) is 0 Å². The van der Waals surface area contributed by atoms with Crippen molar-refractivity contribution in [2.75, 3.05) is 38.2 Å². The Kier molecular flexibility index (Phi) is 7.11. The first-order chi connectivity index (χ1) is 18.8. The van der Waals surface area contributed by atoms with Gasteiger partial charge in [-0.15, -0.1) is 0 Å². The highest BCUT2D eigenvalue weighted by molar-refractivity contribution is 7.89. The average Bonchev–Trinajstić information content (AvgIpc) is 3.51. The van der Waals surface area contributed by atoms with Crippen molar-refractivity contribution in [1.29, 1.82) is 0 Å². The lowest BCUT2D eigenvalue weighted by molar-refractivity contribution is 0.0729. The first-order valence-corrected chi connectivity index (χ1v) is 15.5. The second-order valence-corrected chi connectivity index (χ2v) is 13.1. The van der Waals surface area contributed by atoms with Gasteiger partial charge in [0.1, 0.15) is 16.4 Å². The number of benzene rings is 1. The van der Waals surface area contributed by atoms with E-state index in [9.17, 15) is 8.42 Å². The maximum Gasteiger partial charge on any atom is 0.246 e. The molecule has 1 atom stereocenters. The van der Waals surface area contributed by atoms with Crippen molar-refractivity contribution in [1.82, 2.24) is 18.8 Å². The minimum atomic E-state index is -3.94. The second-order valence-electron chi connectivity index (χ2n) is 11.2. The van der Waals surface area contributed by atoms with Crippen LogP contribution in [0.2, 0.25) is 0 Å². The number of anilines is 1. The molecule has 1 aliphatic heterocycles. The molecule has 2 aliphatic carbocycles. The Morgan fingerprint density at radius 1 is 1.23 bits per heavy atom. The summed E-state index contributed by atoms with van der Waals surface area (Å²) in [5.74, 6) is -0.178. The Hall–Kier alpha value is -2.60. The Morgan fingerprint density at radius 2 is 2.00 bits per heavy atom. The first-order valence-electron chi connectivity index (χ1n) is 14.1. The number of morpholine rings is 1. The molecule has 210 valence electrons. The largest absolute Gasteiger partial charge is 0.379 e. The van der Waals surface area contributed by atoms with Gasteiger partial charge in [0.05, 0.1) is 13.2 Å². The fraction of sp³-hybridized carbons (Fsp3) is 0.571. The van der Waals surface area contributed by atoms with Gasteiger partial charge in [0, 0.05) is 55.1 Å². The van der Waals surface area contributed by atoms with Crippen LogP contribution in [0.3, 0.4) is 0 Å². The Balaban J connectivity index is 1.37. The molecule has 11 heteroatoms. The molecule has 2 saturated carbocycles. The van der Waals surface area contributed by atoms with Crippen LogP contribution in [-0.4, -0.2) is 66.1 Å². The minimum absolute atomic E-state index is 0.219. The van der Waals surface area contributed by atoms with Crippen LogP contribution in [0.1, 0.15) is 57.9 Å². The molecule has 2 aromatic heterocycles. The lowest BCUT2D eigenvalue weighted by Gasteiger charge is -2.27. The number of hydrogen-bond acceptors (Lipinski definition) is 7. The van der Waals surface area contributed by atoms with Crippen LogP contribution in [0.25, 0.3) is 22.2 Å². The minimum Gasteiger partial charge on any atom is -0.379 e. The molecule has 3 aliphatic rings. The monoisotopic (exact) mass is 556 g/mol. The molecule has 3 N–H and O–H groups in total. The number of aromatic nitrogens is 3. The van der Waals surface area contributed by atoms with E-state index in [-0.39, 0.29) is 29.4 Å². The van der Waals surface area contributed by atoms with E-state index in [1.807, 2.05) is 6.20 Å². The van der Waals surface area contributed by atoms with Gasteiger partial charge in [0.15, 0.2) is 0 Å². The molecule has 0 amide bonds. The molecule has 6 rings (SSSR count). The number of ether oxygens (including phenoxy) is 1. The van der Waals surface area contributed by atoms with Crippen LogP contribution in [0, 0.1) is 11.2 Å². The number of fused-ring (bicyclic) bond motifs is 1. The summed E-state index contributed by atoms with van der Waals surface area (Å²) >= 11 is 0. The summed E-state index contributed by atoms with van der Waals surface area (Å²) in [6, 6.07) is 4.97. The predicted octanol–water partition coefficient (Wildman–Crippen LogP) is 4.30. The SMILES string of the molecule is CCCCNc1ncc2c(-c3ccc(S(=O)(=O)N4CCOCC4)c(F)c3)cn(C3CC34CCC(N)CC4)c2n1. The average molecular weight is 557 g/mol. The topological polar surface area (TPSA) is 115 Å². The van der Waals surface area contributed by atoms with Gasteiger partial charge < -0.3 is 20.4 Å². The molecule has 1 saturated heterocycles. The number of nitrogens with zero attached hydrogens (tertiary/aromatic N) is 4. The van der Waals surface area contributed by atoms with E-state index < -0.39 is 15.8 Å². The molecule has 3 aromatic rings. The highest BCUT2D eigenvalue weighted by Gasteiger charge is 2.56. The van der Waals surface area contributed by atoms with Crippen molar-refractivity contribution in [3.8, 4) is 11.1 Å². The first kappa shape index (κ1) is 26.6. The Morgan fingerprint density at radius 3 is 2.72 bits per heavy atom. The van der Waals surface area contributed by atoms with E-state index in [2.05, 4.69) is 21.8 Å². The van der Waals surface area contributed by atoms with Crippen LogP contribution in [0.4, 0.5) is 10.3 Å². The smallest absolute Gasteiger partial charge is 0.246 e. The number of hydrogen-bond donors (Lipinski definition) is 2. The van der Waals surface area contributed by atoms with Crippen LogP contribution >= 0.6 is 0 Å². The number of unbranched alkanes of at least 4 members (excludes halogenated alkanes) is 1. The Bertz CT molecular complexity index is 1460. The van der Waals surface area contributed by atoms with Crippen LogP contribution in [0.15, 0.2) is 35.5 Å². The standard InChI is InChI=1S/C28H37FN6O3S/c1-2-3-10-31-27-32-17-21-22(18-35(26(21)33-27)25-16-28(25)8-6-20(30)7-9-28)19-4-5-24(23(29)15-19)39(36,37)34-11-13-38-14-12-34/h4-5,15,17-18,20,25H,2-3,6-14,16,30H2,1H3,(H,31,32,33). The molecule has 9 nitrogen and oxygen atoms in total. The summed E-state index contributed by atoms with van der Waals surface area (Å²) in [5.41, 5.74) is 8.66. The van der Waals surface area contributed by atoms with Crippen molar-refractivity contribution in [2.45, 2.75) is 68.8 Å². The summed E-state index contributed by atoms with van der Waals surface area (Å²) < 4.78 is 50.4. The fourth-order valence-electron chi connectivity index (χ4n) is 6.23. The van der Waals surface area contributed by atoms with Gasteiger partial charge in [-0.3, -0.25) is 0 Å². The van der Waals surface area contributed by atoms with Crippen molar-refractivity contribution < 1.29 is 17.5 Å². The molecule has 0 radical (unpaired) electrons. The Labute approximate surface area is 229 Å². The number of sulfonamides is 1. The third kappa shape index (κ3) is 4.94. The lowest BCUT2D eigenvalue weighted by atomic mass is 9.83. The molecule has 39 heavy (non-hydrogen) atoms. The highest BCUT2D eigenvalue weighted by Crippen LogP contribution is 2.65. The van der Waals surface area contributed by atoms with Crippen molar-refractivity contribution in [3.63, 3.8) is 0 Å². The molecular weight excluding hydrogens is 519 g/mol. The third-order valence-electron chi connectivity index (χ3n) is 8.72. The van der Waals surface area contributed by atoms with E-state index >= 15 is 4.39 Å². The van der Waals surface area contributed by atoms with Gasteiger partial charge in [-0.25, -0.2) is 17.8 Å². The number of nitrogens with two attached hydrogens (primary N) is 1. The predicted molar refractivity (Wildman–Crippen MR) is 148 cm³/mol. The molecule has 0 bridgehead atoms. The zero-order chi connectivity index (χ0) is 27.2. The van der Waals surface area contributed by atoms with Crippen LogP contribution in [-0.2, 0) is 14.8 Å². The summed E-state index contributed by atoms with van der Waals surface area (Å²) in [7, 11) is -3.94. The van der Waals surface area contributed by atoms with E-state index in [1.54, 1.807) is 12.3 Å². The second kappa shape index (κ2) is 10.4. The third-order valence-corrected chi connectivity index (χ3v) is 10.7. The van der Waals surface area contributed by atoms with Gasteiger partial charge in [0.2, 0.25) is 16.0 Å². The zero-order valence-electron chi connectivity index (χ0n) is 22.4. The normalized spacial score (nSPS) is 25.8. The summed E-state index contributed by atoms with van der Waals surface area (Å²) in [4.78, 5) is 9.14. The summed E-state index contributed by atoms with van der Waals surface area (Å²) in [6.45, 7) is 3.99. The van der Waals surface area contributed by atoms with E-state index in [1.165, 1.54) is 16.4 Å². The van der Waals surface area contributed by atoms with Crippen LogP contribution < -0.4 is 11.1 Å². The number of nitrogens with one attached hydrogen (secondary N) is 1. The highest BCUT2D eigenvalue weighted by atomic mass is 32.2. The quantitative estimate of drug-likeness (QED) is 0.398. The maximum atomic E-state index is 15.4. The molecule has 3 fully saturated rings. The number of halogens is 1. The molecule has 1 aromatic carbocycles. The number of rotatable bonds is 8. The van der Waals surface area contributed by atoms with E-state index in [0.717, 1.165) is 68.1 Å². The van der Waals surface area contributed by atoms with Crippen molar-refractivity contribution in [2.24, 2.45) is 11.1 Å². The zero-order valence-corrected chi connectivity index (χ0v) is 23.2. The van der Waals surface area contributed by atoms with Crippen molar-refractivity contribution >= 4 is 27.0 Å². The van der Waals surface area contributed by atoms with Gasteiger partial charge in [-0.05, 0) is 61.6 Å².